The van der Waals surface area contributed by atoms with Gasteiger partial charge < -0.3 is 5.32 Å². The van der Waals surface area contributed by atoms with Gasteiger partial charge in [-0.3, -0.25) is 24.4 Å². The van der Waals surface area contributed by atoms with Gasteiger partial charge in [-0.2, -0.15) is 15.6 Å². The van der Waals surface area contributed by atoms with Crippen molar-refractivity contribution in [3.63, 3.8) is 0 Å². The Balaban J connectivity index is 1.64. The lowest BCUT2D eigenvalue weighted by molar-refractivity contribution is 0.102. The maximum absolute atomic E-state index is 12.9. The Morgan fingerprint density at radius 3 is 2.57 bits per heavy atom. The Bertz CT molecular complexity index is 1520. The van der Waals surface area contributed by atoms with E-state index in [9.17, 15) is 15.3 Å². The smallest absolute Gasteiger partial charge is 0.255 e. The molecule has 0 unspecified atom stereocenters. The van der Waals surface area contributed by atoms with Crippen LogP contribution in [0, 0.1) is 29.6 Å². The summed E-state index contributed by atoms with van der Waals surface area (Å²) >= 11 is 0. The van der Waals surface area contributed by atoms with Crippen molar-refractivity contribution in [2.45, 2.75) is 26.2 Å². The summed E-state index contributed by atoms with van der Waals surface area (Å²) in [6.45, 7) is 5.34. The van der Waals surface area contributed by atoms with E-state index < -0.39 is 5.41 Å². The van der Waals surface area contributed by atoms with E-state index in [4.69, 9.17) is 0 Å². The van der Waals surface area contributed by atoms with E-state index in [1.807, 2.05) is 6.92 Å². The van der Waals surface area contributed by atoms with Crippen LogP contribution in [0.25, 0.3) is 22.5 Å². The summed E-state index contributed by atoms with van der Waals surface area (Å²) in [5, 5.41) is 26.3. The van der Waals surface area contributed by atoms with Crippen molar-refractivity contribution in [3.8, 4) is 34.7 Å². The minimum atomic E-state index is -0.818. The van der Waals surface area contributed by atoms with E-state index in [0.29, 0.717) is 39.5 Å². The van der Waals surface area contributed by atoms with Gasteiger partial charge in [0.2, 0.25) is 0 Å². The average molecular weight is 463 g/mol. The number of nitrogens with one attached hydrogen (secondary N) is 1. The topological polar surface area (TPSA) is 133 Å². The first-order valence-corrected chi connectivity index (χ1v) is 10.8. The molecule has 172 valence electrons. The zero-order chi connectivity index (χ0) is 25.2. The van der Waals surface area contributed by atoms with Gasteiger partial charge in [0.1, 0.15) is 17.5 Å². The number of amides is 1. The number of carbonyl (C=O) groups is 1. The quantitative estimate of drug-likeness (QED) is 0.470. The van der Waals surface area contributed by atoms with Crippen LogP contribution in [-0.4, -0.2) is 30.6 Å². The van der Waals surface area contributed by atoms with E-state index in [-0.39, 0.29) is 5.91 Å². The van der Waals surface area contributed by atoms with Crippen LogP contribution < -0.4 is 5.32 Å². The Morgan fingerprint density at radius 2 is 1.89 bits per heavy atom. The third-order valence-corrected chi connectivity index (χ3v) is 5.56. The third-order valence-electron chi connectivity index (χ3n) is 5.56. The minimum absolute atomic E-state index is 0.347. The highest BCUT2D eigenvalue weighted by Crippen LogP contribution is 2.29. The van der Waals surface area contributed by atoms with Crippen LogP contribution >= 0.6 is 0 Å². The lowest BCUT2D eigenvalue weighted by Gasteiger charge is -2.15. The van der Waals surface area contributed by atoms with Gasteiger partial charge >= 0.3 is 0 Å². The number of rotatable bonds is 5. The molecule has 4 aromatic rings. The highest BCUT2D eigenvalue weighted by molar-refractivity contribution is 6.04. The third kappa shape index (κ3) is 4.75. The van der Waals surface area contributed by atoms with E-state index >= 15 is 0 Å². The molecule has 9 heteroatoms. The van der Waals surface area contributed by atoms with Gasteiger partial charge in [0.25, 0.3) is 5.91 Å². The zero-order valence-electron chi connectivity index (χ0n) is 19.7. The fourth-order valence-corrected chi connectivity index (χ4v) is 3.51. The van der Waals surface area contributed by atoms with Gasteiger partial charge in [0.15, 0.2) is 0 Å². The van der Waals surface area contributed by atoms with Crippen molar-refractivity contribution in [3.05, 3.63) is 77.6 Å². The number of pyridine rings is 3. The molecule has 0 aliphatic heterocycles. The fourth-order valence-electron chi connectivity index (χ4n) is 3.51. The molecule has 0 bridgehead atoms. The van der Waals surface area contributed by atoms with E-state index in [0.717, 1.165) is 11.3 Å². The second-order valence-electron chi connectivity index (χ2n) is 8.58. The number of carbonyl (C=O) groups excluding carboxylic acids is 1. The van der Waals surface area contributed by atoms with Crippen LogP contribution in [0.3, 0.4) is 0 Å². The van der Waals surface area contributed by atoms with Crippen molar-refractivity contribution >= 4 is 11.6 Å². The molecule has 0 saturated heterocycles. The molecular formula is C26H22N8O. The lowest BCUT2D eigenvalue weighted by atomic mass is 9.90. The normalized spacial score (nSPS) is 10.9. The number of anilines is 1. The average Bonchev–Trinajstić information content (AvgIpc) is 3.30. The molecule has 0 atom stereocenters. The van der Waals surface area contributed by atoms with Crippen LogP contribution in [0.1, 0.15) is 41.2 Å². The molecule has 0 saturated carbocycles. The van der Waals surface area contributed by atoms with Crippen LogP contribution in [0.5, 0.6) is 0 Å². The van der Waals surface area contributed by atoms with Crippen molar-refractivity contribution in [1.29, 1.82) is 10.5 Å². The number of hydrogen-bond donors (Lipinski definition) is 1. The summed E-state index contributed by atoms with van der Waals surface area (Å²) in [5.74, 6) is -0.347. The first kappa shape index (κ1) is 23.3. The standard InChI is InChI=1S/C26H22N8O/c1-16-21(19-9-18(12-27)24(31-13-19)22-6-8-34(4)33-22)11-20(14-30-16)32-25(35)17-5-7-29-23(10-17)26(2,3)15-28/h5-11,13-14H,1-4H3,(H,32,35). The molecule has 4 aromatic heterocycles. The fraction of sp³-hybridized carbons (Fsp3) is 0.192. The molecule has 0 aromatic carbocycles. The number of hydrogen-bond acceptors (Lipinski definition) is 7. The molecule has 0 fully saturated rings. The number of aryl methyl sites for hydroxylation is 2. The molecule has 9 nitrogen and oxygen atoms in total. The van der Waals surface area contributed by atoms with E-state index in [1.54, 1.807) is 74.5 Å². The van der Waals surface area contributed by atoms with Gasteiger partial charge in [0.05, 0.1) is 34.6 Å². The molecule has 0 radical (unpaired) electrons. The second kappa shape index (κ2) is 9.16. The maximum atomic E-state index is 12.9. The van der Waals surface area contributed by atoms with Gasteiger partial charge in [-0.05, 0) is 51.1 Å². The molecule has 1 amide bonds. The zero-order valence-corrected chi connectivity index (χ0v) is 19.7. The summed E-state index contributed by atoms with van der Waals surface area (Å²) < 4.78 is 1.65. The Hall–Kier alpha value is -4.89. The summed E-state index contributed by atoms with van der Waals surface area (Å²) in [6.07, 6.45) is 6.54. The largest absolute Gasteiger partial charge is 0.321 e. The predicted molar refractivity (Wildman–Crippen MR) is 130 cm³/mol. The van der Waals surface area contributed by atoms with Gasteiger partial charge in [0, 0.05) is 48.0 Å². The Labute approximate surface area is 202 Å². The van der Waals surface area contributed by atoms with Crippen LogP contribution in [0.4, 0.5) is 5.69 Å². The maximum Gasteiger partial charge on any atom is 0.255 e. The highest BCUT2D eigenvalue weighted by Gasteiger charge is 2.23. The summed E-state index contributed by atoms with van der Waals surface area (Å²) in [7, 11) is 1.80. The molecular weight excluding hydrogens is 440 g/mol. The number of nitriles is 2. The molecule has 4 heterocycles. The molecule has 35 heavy (non-hydrogen) atoms. The minimum Gasteiger partial charge on any atom is -0.321 e. The molecule has 0 aliphatic rings. The second-order valence-corrected chi connectivity index (χ2v) is 8.58. The molecule has 0 spiro atoms. The summed E-state index contributed by atoms with van der Waals surface area (Å²) in [6, 6.07) is 12.9. The monoisotopic (exact) mass is 462 g/mol. The number of nitrogens with zero attached hydrogens (tertiary/aromatic N) is 7. The first-order valence-electron chi connectivity index (χ1n) is 10.8. The van der Waals surface area contributed by atoms with E-state index in [1.165, 1.54) is 6.20 Å². The SMILES string of the molecule is Cc1ncc(NC(=O)c2ccnc(C(C)(C)C#N)c2)cc1-c1cnc(-c2ccn(C)n2)c(C#N)c1. The predicted octanol–water partition coefficient (Wildman–Crippen LogP) is 4.17. The van der Waals surface area contributed by atoms with Crippen LogP contribution in [0.2, 0.25) is 0 Å². The highest BCUT2D eigenvalue weighted by atomic mass is 16.1. The van der Waals surface area contributed by atoms with Crippen molar-refractivity contribution in [1.82, 2.24) is 24.7 Å². The van der Waals surface area contributed by atoms with Crippen molar-refractivity contribution in [2.24, 2.45) is 7.05 Å². The Morgan fingerprint density at radius 1 is 1.09 bits per heavy atom. The summed E-state index contributed by atoms with van der Waals surface area (Å²) in [4.78, 5) is 26.0. The first-order chi connectivity index (χ1) is 16.7. The number of aromatic nitrogens is 5. The van der Waals surface area contributed by atoms with Gasteiger partial charge in [-0.1, -0.05) is 0 Å². The van der Waals surface area contributed by atoms with Crippen molar-refractivity contribution in [2.75, 3.05) is 5.32 Å². The van der Waals surface area contributed by atoms with Crippen LogP contribution in [0.15, 0.2) is 55.1 Å². The molecule has 0 aliphatic carbocycles. The van der Waals surface area contributed by atoms with E-state index in [2.05, 4.69) is 37.5 Å². The molecule has 4 rings (SSSR count). The van der Waals surface area contributed by atoms with Crippen LogP contribution in [-0.2, 0) is 12.5 Å². The molecule has 1 N–H and O–H groups in total. The Kier molecular flexibility index (Phi) is 6.09. The van der Waals surface area contributed by atoms with Crippen molar-refractivity contribution < 1.29 is 4.79 Å². The lowest BCUT2D eigenvalue weighted by Crippen LogP contribution is -2.18. The summed E-state index contributed by atoms with van der Waals surface area (Å²) in [5.41, 5.74) is 4.23. The van der Waals surface area contributed by atoms with Gasteiger partial charge in [-0.15, -0.1) is 0 Å². The van der Waals surface area contributed by atoms with Gasteiger partial charge in [-0.25, -0.2) is 0 Å².